The number of benzene rings is 1. The van der Waals surface area contributed by atoms with Crippen molar-refractivity contribution >= 4 is 29.9 Å². The van der Waals surface area contributed by atoms with E-state index in [-0.39, 0.29) is 30.0 Å². The van der Waals surface area contributed by atoms with E-state index in [2.05, 4.69) is 70.9 Å². The Balaban J connectivity index is 0.00000320. The summed E-state index contributed by atoms with van der Waals surface area (Å²) >= 11 is 0. The lowest BCUT2D eigenvalue weighted by molar-refractivity contribution is 0.635. The Hall–Kier alpha value is -2.36. The zero-order valence-corrected chi connectivity index (χ0v) is 20.7. The summed E-state index contributed by atoms with van der Waals surface area (Å²) in [5, 5.41) is 15.7. The monoisotopic (exact) mass is 521 g/mol. The number of guanidine groups is 1. The molecule has 7 nitrogen and oxygen atoms in total. The minimum Gasteiger partial charge on any atom is -0.354 e. The van der Waals surface area contributed by atoms with Crippen molar-refractivity contribution in [3.05, 3.63) is 70.8 Å². The molecular formula is C22H32IN7. The van der Waals surface area contributed by atoms with Crippen LogP contribution >= 0.6 is 24.0 Å². The highest BCUT2D eigenvalue weighted by atomic mass is 127. The van der Waals surface area contributed by atoms with E-state index in [0.717, 1.165) is 24.6 Å². The Morgan fingerprint density at radius 2 is 1.97 bits per heavy atom. The van der Waals surface area contributed by atoms with Gasteiger partial charge >= 0.3 is 0 Å². The average Bonchev–Trinajstić information content (AvgIpc) is 3.29. The van der Waals surface area contributed by atoms with E-state index in [9.17, 15) is 0 Å². The second-order valence-electron chi connectivity index (χ2n) is 7.47. The number of hydrogen-bond acceptors (Lipinski definition) is 3. The molecule has 1 atom stereocenters. The molecule has 1 aromatic carbocycles. The molecule has 0 aliphatic rings. The van der Waals surface area contributed by atoms with Gasteiger partial charge in [0, 0.05) is 44.8 Å². The normalized spacial score (nSPS) is 12.4. The quantitative estimate of drug-likeness (QED) is 0.285. The van der Waals surface area contributed by atoms with Crippen molar-refractivity contribution in [3.8, 4) is 0 Å². The van der Waals surface area contributed by atoms with Crippen LogP contribution in [0.4, 0.5) is 0 Å². The van der Waals surface area contributed by atoms with Crippen LogP contribution in [0.5, 0.6) is 0 Å². The number of hydrogen-bond donors (Lipinski definition) is 2. The van der Waals surface area contributed by atoms with Gasteiger partial charge in [0.25, 0.3) is 0 Å². The lowest BCUT2D eigenvalue weighted by Crippen LogP contribution is -2.42. The van der Waals surface area contributed by atoms with Crippen LogP contribution in [0, 0.1) is 13.8 Å². The van der Waals surface area contributed by atoms with Crippen molar-refractivity contribution < 1.29 is 0 Å². The maximum absolute atomic E-state index is 4.51. The lowest BCUT2D eigenvalue weighted by Gasteiger charge is -2.18. The second kappa shape index (κ2) is 11.1. The molecule has 0 fully saturated rings. The third-order valence-corrected chi connectivity index (χ3v) is 5.13. The van der Waals surface area contributed by atoms with Gasteiger partial charge in [-0.3, -0.25) is 14.4 Å². The third kappa shape index (κ3) is 6.32. The number of aryl methyl sites for hydroxylation is 2. The number of halogens is 1. The van der Waals surface area contributed by atoms with Gasteiger partial charge in [-0.25, -0.2) is 0 Å². The molecule has 1 unspecified atom stereocenters. The Morgan fingerprint density at radius 1 is 1.20 bits per heavy atom. The summed E-state index contributed by atoms with van der Waals surface area (Å²) in [4.78, 5) is 4.38. The standard InChI is InChI=1S/C22H31N7.HI/c1-16(12-21-17(2)27-28(5)18(21)3)26-22(23-4)24-14-19-8-6-9-20(13-19)15-29-11-7-10-25-29;/h6-11,13,16H,12,14-15H2,1-5H3,(H2,23,24,26);1H. The van der Waals surface area contributed by atoms with Crippen LogP contribution in [-0.2, 0) is 26.6 Å². The first-order valence-electron chi connectivity index (χ1n) is 9.97. The average molecular weight is 521 g/mol. The summed E-state index contributed by atoms with van der Waals surface area (Å²) in [6.07, 6.45) is 4.69. The zero-order chi connectivity index (χ0) is 20.8. The molecule has 0 spiro atoms. The molecular weight excluding hydrogens is 489 g/mol. The minimum atomic E-state index is 0. The Bertz CT molecular complexity index is 960. The van der Waals surface area contributed by atoms with Crippen LogP contribution in [0.1, 0.15) is 35.0 Å². The fourth-order valence-electron chi connectivity index (χ4n) is 3.50. The highest BCUT2D eigenvalue weighted by Gasteiger charge is 2.14. The maximum Gasteiger partial charge on any atom is 0.191 e. The molecule has 0 aliphatic heterocycles. The summed E-state index contributed by atoms with van der Waals surface area (Å²) in [7, 11) is 3.79. The summed E-state index contributed by atoms with van der Waals surface area (Å²) < 4.78 is 3.87. The topological polar surface area (TPSA) is 72.1 Å². The number of rotatable bonds is 7. The molecule has 0 saturated heterocycles. The molecule has 0 saturated carbocycles. The first-order valence-corrected chi connectivity index (χ1v) is 9.97. The van der Waals surface area contributed by atoms with E-state index in [0.29, 0.717) is 6.54 Å². The molecule has 2 heterocycles. The Labute approximate surface area is 196 Å². The van der Waals surface area contributed by atoms with Gasteiger partial charge in [0.1, 0.15) is 0 Å². The largest absolute Gasteiger partial charge is 0.354 e. The summed E-state index contributed by atoms with van der Waals surface area (Å²) in [6, 6.07) is 10.7. The third-order valence-electron chi connectivity index (χ3n) is 5.13. The van der Waals surface area contributed by atoms with Gasteiger partial charge in [0.2, 0.25) is 0 Å². The molecule has 0 amide bonds. The molecule has 30 heavy (non-hydrogen) atoms. The van der Waals surface area contributed by atoms with E-state index in [1.54, 1.807) is 13.2 Å². The number of aromatic nitrogens is 4. The second-order valence-corrected chi connectivity index (χ2v) is 7.47. The molecule has 0 aliphatic carbocycles. The molecule has 162 valence electrons. The molecule has 3 aromatic rings. The maximum atomic E-state index is 4.51. The molecule has 0 radical (unpaired) electrons. The van der Waals surface area contributed by atoms with E-state index >= 15 is 0 Å². The van der Waals surface area contributed by atoms with Crippen LogP contribution in [0.25, 0.3) is 0 Å². The van der Waals surface area contributed by atoms with Crippen LogP contribution in [0.3, 0.4) is 0 Å². The number of aliphatic imine (C=N–C) groups is 1. The number of nitrogens with zero attached hydrogens (tertiary/aromatic N) is 5. The summed E-state index contributed by atoms with van der Waals surface area (Å²) in [5.74, 6) is 0.800. The minimum absolute atomic E-state index is 0. The van der Waals surface area contributed by atoms with Crippen LogP contribution in [0.15, 0.2) is 47.7 Å². The lowest BCUT2D eigenvalue weighted by atomic mass is 10.1. The van der Waals surface area contributed by atoms with Crippen LogP contribution < -0.4 is 10.6 Å². The number of nitrogens with one attached hydrogen (secondary N) is 2. The SMILES string of the molecule is CN=C(NCc1cccc(Cn2cccn2)c1)NC(C)Cc1c(C)nn(C)c1C.I. The van der Waals surface area contributed by atoms with E-state index in [4.69, 9.17) is 0 Å². The van der Waals surface area contributed by atoms with Crippen molar-refractivity contribution in [1.82, 2.24) is 30.2 Å². The van der Waals surface area contributed by atoms with Crippen LogP contribution in [0.2, 0.25) is 0 Å². The predicted molar refractivity (Wildman–Crippen MR) is 132 cm³/mol. The van der Waals surface area contributed by atoms with Gasteiger partial charge in [-0.1, -0.05) is 24.3 Å². The summed E-state index contributed by atoms with van der Waals surface area (Å²) in [5.41, 5.74) is 6.05. The highest BCUT2D eigenvalue weighted by Crippen LogP contribution is 2.14. The van der Waals surface area contributed by atoms with Gasteiger partial charge in [-0.05, 0) is 49.9 Å². The fraction of sp³-hybridized carbons (Fsp3) is 0.409. The summed E-state index contributed by atoms with van der Waals surface area (Å²) in [6.45, 7) is 7.84. The first kappa shape index (κ1) is 23.9. The van der Waals surface area contributed by atoms with Crippen molar-refractivity contribution in [2.24, 2.45) is 12.0 Å². The predicted octanol–water partition coefficient (Wildman–Crippen LogP) is 3.20. The fourth-order valence-corrected chi connectivity index (χ4v) is 3.50. The molecule has 8 heteroatoms. The first-order chi connectivity index (χ1) is 14.0. The van der Waals surface area contributed by atoms with Crippen molar-refractivity contribution in [3.63, 3.8) is 0 Å². The smallest absolute Gasteiger partial charge is 0.191 e. The van der Waals surface area contributed by atoms with Gasteiger partial charge in [0.05, 0.1) is 12.2 Å². The molecule has 2 N–H and O–H groups in total. The Morgan fingerprint density at radius 3 is 2.60 bits per heavy atom. The molecule has 3 rings (SSSR count). The van der Waals surface area contributed by atoms with Gasteiger partial charge in [0.15, 0.2) is 5.96 Å². The van der Waals surface area contributed by atoms with Crippen LogP contribution in [-0.4, -0.2) is 38.6 Å². The van der Waals surface area contributed by atoms with E-state index < -0.39 is 0 Å². The van der Waals surface area contributed by atoms with E-state index in [1.807, 2.05) is 28.7 Å². The van der Waals surface area contributed by atoms with Gasteiger partial charge in [-0.15, -0.1) is 24.0 Å². The van der Waals surface area contributed by atoms with Gasteiger partial charge in [-0.2, -0.15) is 10.2 Å². The van der Waals surface area contributed by atoms with Crippen molar-refractivity contribution in [2.45, 2.75) is 46.3 Å². The Kier molecular flexibility index (Phi) is 8.88. The zero-order valence-electron chi connectivity index (χ0n) is 18.4. The molecule has 0 bridgehead atoms. The highest BCUT2D eigenvalue weighted by molar-refractivity contribution is 14.0. The van der Waals surface area contributed by atoms with Crippen molar-refractivity contribution in [1.29, 1.82) is 0 Å². The van der Waals surface area contributed by atoms with E-state index in [1.165, 1.54) is 22.4 Å². The molecule has 2 aromatic heterocycles. The van der Waals surface area contributed by atoms with Gasteiger partial charge < -0.3 is 10.6 Å². The van der Waals surface area contributed by atoms with Crippen molar-refractivity contribution in [2.75, 3.05) is 7.05 Å².